The van der Waals surface area contributed by atoms with Crippen LogP contribution in [0, 0.1) is 17.5 Å². The van der Waals surface area contributed by atoms with Crippen LogP contribution in [0.3, 0.4) is 0 Å². The maximum atomic E-state index is 13.1. The average molecular weight is 274 g/mol. The van der Waals surface area contributed by atoms with Gasteiger partial charge >= 0.3 is 6.18 Å². The van der Waals surface area contributed by atoms with Gasteiger partial charge in [-0.3, -0.25) is 0 Å². The van der Waals surface area contributed by atoms with Gasteiger partial charge in [0.2, 0.25) is 0 Å². The molecule has 94 valence electrons. The lowest BCUT2D eigenvalue weighted by atomic mass is 10.1. The van der Waals surface area contributed by atoms with E-state index in [0.717, 1.165) is 0 Å². The summed E-state index contributed by atoms with van der Waals surface area (Å²) in [4.78, 5) is 0. The van der Waals surface area contributed by atoms with Gasteiger partial charge in [-0.25, -0.2) is 13.2 Å². The van der Waals surface area contributed by atoms with E-state index in [2.05, 4.69) is 12.2 Å². The summed E-state index contributed by atoms with van der Waals surface area (Å²) >= 11 is 4.26. The van der Waals surface area contributed by atoms with Crippen LogP contribution >= 0.6 is 12.2 Å². The fraction of sp³-hybridized carbons (Fsp3) is 0.125. The molecule has 0 saturated carbocycles. The molecule has 0 aromatic heterocycles. The van der Waals surface area contributed by atoms with Crippen LogP contribution < -0.4 is 11.1 Å². The SMILES string of the molecule is NC(=S)Nc1cc(F)c(C(F)(F)F)c(F)c1F. The molecule has 0 radical (unpaired) electrons. The Morgan fingerprint density at radius 3 is 2.12 bits per heavy atom. The maximum absolute atomic E-state index is 13.1. The van der Waals surface area contributed by atoms with E-state index in [-0.39, 0.29) is 6.07 Å². The Balaban J connectivity index is 3.42. The maximum Gasteiger partial charge on any atom is 0.422 e. The van der Waals surface area contributed by atoms with E-state index in [4.69, 9.17) is 5.73 Å². The van der Waals surface area contributed by atoms with Crippen LogP contribution in [0.25, 0.3) is 0 Å². The smallest absolute Gasteiger partial charge is 0.376 e. The molecule has 0 fully saturated rings. The molecule has 0 amide bonds. The zero-order valence-corrected chi connectivity index (χ0v) is 8.65. The second-order valence-electron chi connectivity index (χ2n) is 2.90. The van der Waals surface area contributed by atoms with Crippen LogP contribution in [0.1, 0.15) is 5.56 Å². The van der Waals surface area contributed by atoms with E-state index in [0.29, 0.717) is 0 Å². The van der Waals surface area contributed by atoms with Crippen LogP contribution in [0.15, 0.2) is 6.07 Å². The highest BCUT2D eigenvalue weighted by Crippen LogP contribution is 2.36. The highest BCUT2D eigenvalue weighted by molar-refractivity contribution is 7.80. The molecule has 0 unspecified atom stereocenters. The quantitative estimate of drug-likeness (QED) is 0.470. The first kappa shape index (κ1) is 13.6. The van der Waals surface area contributed by atoms with Gasteiger partial charge < -0.3 is 11.1 Å². The molecule has 0 aliphatic carbocycles. The van der Waals surface area contributed by atoms with Gasteiger partial charge in [0.1, 0.15) is 11.4 Å². The van der Waals surface area contributed by atoms with Gasteiger partial charge in [0, 0.05) is 6.07 Å². The number of alkyl halides is 3. The number of rotatable bonds is 1. The molecule has 0 spiro atoms. The van der Waals surface area contributed by atoms with Crippen molar-refractivity contribution in [2.45, 2.75) is 6.18 Å². The second kappa shape index (κ2) is 4.40. The molecule has 1 aromatic carbocycles. The van der Waals surface area contributed by atoms with E-state index >= 15 is 0 Å². The van der Waals surface area contributed by atoms with Crippen molar-refractivity contribution in [1.29, 1.82) is 0 Å². The molecular formula is C8H4F6N2S. The largest absolute Gasteiger partial charge is 0.422 e. The lowest BCUT2D eigenvalue weighted by molar-refractivity contribution is -0.142. The van der Waals surface area contributed by atoms with Crippen LogP contribution in [0.5, 0.6) is 0 Å². The lowest BCUT2D eigenvalue weighted by Crippen LogP contribution is -2.21. The van der Waals surface area contributed by atoms with Crippen molar-refractivity contribution >= 4 is 23.0 Å². The Morgan fingerprint density at radius 1 is 1.18 bits per heavy atom. The van der Waals surface area contributed by atoms with Crippen molar-refractivity contribution in [3.63, 3.8) is 0 Å². The molecule has 1 aromatic rings. The first-order chi connectivity index (χ1) is 7.64. The third kappa shape index (κ3) is 2.78. The van der Waals surface area contributed by atoms with Gasteiger partial charge in [-0.05, 0) is 12.2 Å². The molecule has 0 aliphatic heterocycles. The molecular weight excluding hydrogens is 270 g/mol. The number of hydrogen-bond donors (Lipinski definition) is 2. The highest BCUT2D eigenvalue weighted by atomic mass is 32.1. The molecule has 0 heterocycles. The van der Waals surface area contributed by atoms with E-state index in [1.807, 2.05) is 5.32 Å². The highest BCUT2D eigenvalue weighted by Gasteiger charge is 2.40. The average Bonchev–Trinajstić information content (AvgIpc) is 2.10. The summed E-state index contributed by atoms with van der Waals surface area (Å²) in [6, 6.07) is 0.125. The summed E-state index contributed by atoms with van der Waals surface area (Å²) in [6.07, 6.45) is -5.34. The summed E-state index contributed by atoms with van der Waals surface area (Å²) in [6.45, 7) is 0. The number of halogens is 6. The Kier molecular flexibility index (Phi) is 3.51. The molecule has 0 atom stereocenters. The van der Waals surface area contributed by atoms with Gasteiger partial charge in [0.25, 0.3) is 0 Å². The Bertz CT molecular complexity index is 470. The van der Waals surface area contributed by atoms with E-state index in [1.54, 1.807) is 0 Å². The minimum Gasteiger partial charge on any atom is -0.376 e. The first-order valence-electron chi connectivity index (χ1n) is 3.95. The predicted octanol–water partition coefficient (Wildman–Crippen LogP) is 2.78. The van der Waals surface area contributed by atoms with Gasteiger partial charge in [0.05, 0.1) is 5.69 Å². The molecule has 0 saturated heterocycles. The van der Waals surface area contributed by atoms with E-state index in [1.165, 1.54) is 0 Å². The van der Waals surface area contributed by atoms with E-state index in [9.17, 15) is 26.3 Å². The van der Waals surface area contributed by atoms with Crippen molar-refractivity contribution < 1.29 is 26.3 Å². The summed E-state index contributed by atoms with van der Waals surface area (Å²) in [5.41, 5.74) is 1.70. The number of nitrogens with two attached hydrogens (primary N) is 1. The summed E-state index contributed by atoms with van der Waals surface area (Å²) in [5.74, 6) is -6.22. The van der Waals surface area contributed by atoms with Crippen LogP contribution in [0.2, 0.25) is 0 Å². The number of hydrogen-bond acceptors (Lipinski definition) is 1. The Labute approximate surface area is 96.4 Å². The van der Waals surface area contributed by atoms with Crippen molar-refractivity contribution in [1.82, 2.24) is 0 Å². The molecule has 0 aliphatic rings. The van der Waals surface area contributed by atoms with Crippen LogP contribution in [-0.4, -0.2) is 5.11 Å². The van der Waals surface area contributed by atoms with Crippen LogP contribution in [0.4, 0.5) is 32.0 Å². The number of thiocarbonyl (C=S) groups is 1. The topological polar surface area (TPSA) is 38.0 Å². The number of benzene rings is 1. The van der Waals surface area contributed by atoms with Crippen molar-refractivity contribution in [2.24, 2.45) is 5.73 Å². The summed E-state index contributed by atoms with van der Waals surface area (Å²) in [7, 11) is 0. The summed E-state index contributed by atoms with van der Waals surface area (Å²) < 4.78 is 75.6. The van der Waals surface area contributed by atoms with E-state index < -0.39 is 40.0 Å². The minimum absolute atomic E-state index is 0.125. The first-order valence-corrected chi connectivity index (χ1v) is 4.36. The summed E-state index contributed by atoms with van der Waals surface area (Å²) in [5, 5.41) is 1.28. The van der Waals surface area contributed by atoms with Crippen molar-refractivity contribution in [3.05, 3.63) is 29.1 Å². The Hall–Kier alpha value is -1.51. The third-order valence-electron chi connectivity index (χ3n) is 1.70. The normalized spacial score (nSPS) is 11.4. The van der Waals surface area contributed by atoms with Crippen LogP contribution in [-0.2, 0) is 6.18 Å². The molecule has 17 heavy (non-hydrogen) atoms. The minimum atomic E-state index is -5.34. The van der Waals surface area contributed by atoms with Crippen molar-refractivity contribution in [2.75, 3.05) is 5.32 Å². The molecule has 3 N–H and O–H groups in total. The van der Waals surface area contributed by atoms with Gasteiger partial charge in [0.15, 0.2) is 16.7 Å². The fourth-order valence-electron chi connectivity index (χ4n) is 1.08. The predicted molar refractivity (Wildman–Crippen MR) is 51.7 cm³/mol. The fourth-order valence-corrected chi connectivity index (χ4v) is 1.19. The third-order valence-corrected chi connectivity index (χ3v) is 1.80. The number of nitrogens with one attached hydrogen (secondary N) is 1. The monoisotopic (exact) mass is 274 g/mol. The van der Waals surface area contributed by atoms with Gasteiger partial charge in [-0.1, -0.05) is 0 Å². The standard InChI is InChI=1S/C8H4F6N2S/c9-2-1-3(16-7(15)17)5(10)6(11)4(2)8(12,13)14/h1H,(H3,15,16,17). The second-order valence-corrected chi connectivity index (χ2v) is 3.34. The zero-order valence-electron chi connectivity index (χ0n) is 7.83. The zero-order chi connectivity index (χ0) is 13.4. The molecule has 9 heteroatoms. The Morgan fingerprint density at radius 2 is 1.71 bits per heavy atom. The van der Waals surface area contributed by atoms with Gasteiger partial charge in [-0.2, -0.15) is 13.2 Å². The number of anilines is 1. The van der Waals surface area contributed by atoms with Crippen molar-refractivity contribution in [3.8, 4) is 0 Å². The molecule has 2 nitrogen and oxygen atoms in total. The lowest BCUT2D eigenvalue weighted by Gasteiger charge is -2.12. The van der Waals surface area contributed by atoms with Gasteiger partial charge in [-0.15, -0.1) is 0 Å². The molecule has 0 bridgehead atoms. The molecule has 1 rings (SSSR count).